The number of rotatable bonds is 3. The minimum absolute atomic E-state index is 0.339. The van der Waals surface area contributed by atoms with Gasteiger partial charge in [0, 0.05) is 12.0 Å². The zero-order chi connectivity index (χ0) is 12.9. The molecule has 102 valence electrons. The molecule has 3 unspecified atom stereocenters. The van der Waals surface area contributed by atoms with E-state index in [1.54, 1.807) is 5.56 Å². The Hall–Kier alpha value is -0.820. The third-order valence-corrected chi connectivity index (χ3v) is 5.91. The van der Waals surface area contributed by atoms with E-state index in [2.05, 4.69) is 37.3 Å². The summed E-state index contributed by atoms with van der Waals surface area (Å²) in [6.45, 7) is 3.02. The first kappa shape index (κ1) is 12.0. The van der Waals surface area contributed by atoms with E-state index in [1.807, 2.05) is 0 Å². The number of benzene rings is 1. The van der Waals surface area contributed by atoms with Crippen molar-refractivity contribution in [3.05, 3.63) is 35.9 Å². The van der Waals surface area contributed by atoms with Crippen molar-refractivity contribution < 1.29 is 4.74 Å². The summed E-state index contributed by atoms with van der Waals surface area (Å²) in [5.41, 5.74) is 1.89. The molecule has 0 N–H and O–H groups in total. The molecule has 0 radical (unpaired) electrons. The fourth-order valence-electron chi connectivity index (χ4n) is 5.64. The molecule has 4 aliphatic carbocycles. The van der Waals surface area contributed by atoms with Crippen LogP contribution in [0, 0.1) is 17.8 Å². The zero-order valence-electron chi connectivity index (χ0n) is 11.8. The summed E-state index contributed by atoms with van der Waals surface area (Å²) in [6, 6.07) is 11.2. The molecule has 0 heterocycles. The lowest BCUT2D eigenvalue weighted by Gasteiger charge is -2.61. The first-order valence-electron chi connectivity index (χ1n) is 7.99. The summed E-state index contributed by atoms with van der Waals surface area (Å²) in [7, 11) is 0. The van der Waals surface area contributed by atoms with Crippen molar-refractivity contribution in [2.45, 2.75) is 50.5 Å². The van der Waals surface area contributed by atoms with Crippen LogP contribution in [0.2, 0.25) is 0 Å². The van der Waals surface area contributed by atoms with Gasteiger partial charge < -0.3 is 4.74 Å². The molecule has 4 saturated carbocycles. The van der Waals surface area contributed by atoms with E-state index in [0.717, 1.165) is 24.4 Å². The van der Waals surface area contributed by atoms with Gasteiger partial charge in [0.05, 0.1) is 6.10 Å². The van der Waals surface area contributed by atoms with Crippen molar-refractivity contribution in [1.29, 1.82) is 0 Å². The van der Waals surface area contributed by atoms with Crippen molar-refractivity contribution in [3.8, 4) is 0 Å². The molecule has 0 aromatic heterocycles. The molecule has 0 amide bonds. The second-order valence-electron chi connectivity index (χ2n) is 7.01. The normalized spacial score (nSPS) is 43.6. The second kappa shape index (κ2) is 4.34. The lowest BCUT2D eigenvalue weighted by Crippen LogP contribution is -2.59. The first-order valence-corrected chi connectivity index (χ1v) is 7.99. The Morgan fingerprint density at radius 3 is 2.37 bits per heavy atom. The van der Waals surface area contributed by atoms with E-state index in [0.29, 0.717) is 11.5 Å². The summed E-state index contributed by atoms with van der Waals surface area (Å²) in [5, 5.41) is 0. The van der Waals surface area contributed by atoms with Gasteiger partial charge in [-0.1, -0.05) is 30.3 Å². The maximum Gasteiger partial charge on any atom is 0.0699 e. The van der Waals surface area contributed by atoms with Crippen molar-refractivity contribution in [3.63, 3.8) is 0 Å². The minimum atomic E-state index is 0.339. The molecule has 1 nitrogen and oxygen atoms in total. The monoisotopic (exact) mass is 256 g/mol. The number of ether oxygens (including phenoxy) is 1. The number of hydrogen-bond donors (Lipinski definition) is 0. The Bertz CT molecular complexity index is 438. The molecule has 1 heteroatoms. The molecule has 19 heavy (non-hydrogen) atoms. The van der Waals surface area contributed by atoms with Gasteiger partial charge in [0.25, 0.3) is 0 Å². The van der Waals surface area contributed by atoms with Gasteiger partial charge in [-0.3, -0.25) is 0 Å². The van der Waals surface area contributed by atoms with Crippen LogP contribution in [-0.4, -0.2) is 12.7 Å². The van der Waals surface area contributed by atoms with Gasteiger partial charge in [0.2, 0.25) is 0 Å². The van der Waals surface area contributed by atoms with Crippen LogP contribution in [-0.2, 0) is 10.2 Å². The van der Waals surface area contributed by atoms with Crippen LogP contribution in [0.5, 0.6) is 0 Å². The highest BCUT2D eigenvalue weighted by Gasteiger charge is 2.58. The maximum absolute atomic E-state index is 6.28. The molecule has 3 atom stereocenters. The maximum atomic E-state index is 6.28. The highest BCUT2D eigenvalue weighted by molar-refractivity contribution is 5.31. The van der Waals surface area contributed by atoms with Gasteiger partial charge in [0.15, 0.2) is 0 Å². The standard InChI is InChI=1S/C18H24O/c1-2-19-17-15-9-13-8-14(10-15)12-18(17,11-13)16-6-4-3-5-7-16/h3-7,13-15,17H,2,8-12H2,1H3. The summed E-state index contributed by atoms with van der Waals surface area (Å²) < 4.78 is 6.28. The molecule has 1 aromatic rings. The largest absolute Gasteiger partial charge is 0.377 e. The third kappa shape index (κ3) is 1.71. The van der Waals surface area contributed by atoms with E-state index in [-0.39, 0.29) is 0 Å². The van der Waals surface area contributed by atoms with E-state index < -0.39 is 0 Å². The average Bonchev–Trinajstić information content (AvgIpc) is 2.43. The Morgan fingerprint density at radius 2 is 1.74 bits per heavy atom. The Kier molecular flexibility index (Phi) is 2.73. The average molecular weight is 256 g/mol. The molecule has 0 spiro atoms. The smallest absolute Gasteiger partial charge is 0.0699 e. The van der Waals surface area contributed by atoms with Crippen LogP contribution in [0.3, 0.4) is 0 Å². The second-order valence-corrected chi connectivity index (χ2v) is 7.01. The fraction of sp³-hybridized carbons (Fsp3) is 0.667. The van der Waals surface area contributed by atoms with Crippen molar-refractivity contribution in [2.75, 3.05) is 6.61 Å². The topological polar surface area (TPSA) is 9.23 Å². The van der Waals surface area contributed by atoms with E-state index in [9.17, 15) is 0 Å². The van der Waals surface area contributed by atoms with Crippen LogP contribution in [0.15, 0.2) is 30.3 Å². The van der Waals surface area contributed by atoms with E-state index in [1.165, 1.54) is 32.1 Å². The highest BCUT2D eigenvalue weighted by atomic mass is 16.5. The SMILES string of the molecule is CCOC1C2CC3CC(C2)CC1(c1ccccc1)C3. The van der Waals surface area contributed by atoms with Crippen LogP contribution in [0.4, 0.5) is 0 Å². The van der Waals surface area contributed by atoms with Gasteiger partial charge in [-0.15, -0.1) is 0 Å². The van der Waals surface area contributed by atoms with Crippen LogP contribution < -0.4 is 0 Å². The predicted molar refractivity (Wildman–Crippen MR) is 77.1 cm³/mol. The molecule has 1 aromatic carbocycles. The third-order valence-electron chi connectivity index (χ3n) is 5.91. The molecule has 4 aliphatic rings. The van der Waals surface area contributed by atoms with Crippen LogP contribution in [0.25, 0.3) is 0 Å². The highest BCUT2D eigenvalue weighted by Crippen LogP contribution is 2.61. The lowest BCUT2D eigenvalue weighted by atomic mass is 9.46. The first-order chi connectivity index (χ1) is 9.32. The molecule has 4 fully saturated rings. The quantitative estimate of drug-likeness (QED) is 0.788. The Labute approximate surface area is 116 Å². The van der Waals surface area contributed by atoms with Crippen molar-refractivity contribution >= 4 is 0 Å². The van der Waals surface area contributed by atoms with Gasteiger partial charge in [-0.2, -0.15) is 0 Å². The molecule has 4 bridgehead atoms. The predicted octanol–water partition coefficient (Wildman–Crippen LogP) is 4.17. The Morgan fingerprint density at radius 1 is 1.05 bits per heavy atom. The molecule has 0 aliphatic heterocycles. The summed E-state index contributed by atoms with van der Waals surface area (Å²) in [6.07, 6.45) is 7.56. The van der Waals surface area contributed by atoms with Crippen LogP contribution >= 0.6 is 0 Å². The van der Waals surface area contributed by atoms with Crippen molar-refractivity contribution in [1.82, 2.24) is 0 Å². The molecular formula is C18H24O. The molecule has 5 rings (SSSR count). The fourth-order valence-corrected chi connectivity index (χ4v) is 5.64. The molecular weight excluding hydrogens is 232 g/mol. The summed E-state index contributed by atoms with van der Waals surface area (Å²) in [4.78, 5) is 0. The van der Waals surface area contributed by atoms with Gasteiger partial charge in [-0.05, 0) is 62.3 Å². The molecule has 0 saturated heterocycles. The lowest BCUT2D eigenvalue weighted by molar-refractivity contribution is -0.142. The summed E-state index contributed by atoms with van der Waals surface area (Å²) >= 11 is 0. The summed E-state index contributed by atoms with van der Waals surface area (Å²) in [5.74, 6) is 2.76. The van der Waals surface area contributed by atoms with Gasteiger partial charge in [-0.25, -0.2) is 0 Å². The van der Waals surface area contributed by atoms with E-state index >= 15 is 0 Å². The van der Waals surface area contributed by atoms with Gasteiger partial charge >= 0.3 is 0 Å². The Balaban J connectivity index is 1.78. The number of hydrogen-bond acceptors (Lipinski definition) is 1. The van der Waals surface area contributed by atoms with Gasteiger partial charge in [0.1, 0.15) is 0 Å². The van der Waals surface area contributed by atoms with E-state index in [4.69, 9.17) is 4.74 Å². The zero-order valence-corrected chi connectivity index (χ0v) is 11.8. The minimum Gasteiger partial charge on any atom is -0.377 e. The van der Waals surface area contributed by atoms with Crippen LogP contribution in [0.1, 0.15) is 44.6 Å². The van der Waals surface area contributed by atoms with Crippen molar-refractivity contribution in [2.24, 2.45) is 17.8 Å².